The van der Waals surface area contributed by atoms with E-state index >= 15 is 0 Å². The number of rotatable bonds is 9. The second kappa shape index (κ2) is 11.6. The Hall–Kier alpha value is -3.22. The molecule has 0 saturated carbocycles. The van der Waals surface area contributed by atoms with Crippen LogP contribution in [0.5, 0.6) is 11.5 Å². The van der Waals surface area contributed by atoms with Crippen molar-refractivity contribution in [2.75, 3.05) is 46.2 Å². The molecule has 0 heterocycles. The molecule has 0 aliphatic rings. The Kier molecular flexibility index (Phi) is 8.82. The fraction of sp³-hybridized carbons (Fsp3) is 0.364. The highest BCUT2D eigenvalue weighted by atomic mass is 16.5. The van der Waals surface area contributed by atoms with Gasteiger partial charge in [0.1, 0.15) is 6.54 Å². The van der Waals surface area contributed by atoms with E-state index in [0.717, 1.165) is 12.1 Å². The molecule has 2 N–H and O–H groups in total. The van der Waals surface area contributed by atoms with Gasteiger partial charge in [-0.25, -0.2) is 4.99 Å². The molecule has 2 aromatic rings. The number of nitrogens with zero attached hydrogens (tertiary/aromatic N) is 2. The third-order valence-electron chi connectivity index (χ3n) is 4.15. The molecule has 156 valence electrons. The van der Waals surface area contributed by atoms with Crippen LogP contribution in [0.4, 0.5) is 5.69 Å². The number of amides is 1. The van der Waals surface area contributed by atoms with Crippen molar-refractivity contribution >= 4 is 17.6 Å². The third-order valence-corrected chi connectivity index (χ3v) is 4.15. The standard InChI is InChI=1S/C22H30N4O3/c1-5-29-20-15-18(11-12-19(20)28-4)25-22(24-16-21(27)26(2)3)23-14-13-17-9-7-6-8-10-17/h6-12,15H,5,13-14,16H2,1-4H3,(H2,23,24,25). The zero-order valence-electron chi connectivity index (χ0n) is 17.6. The number of nitrogens with one attached hydrogen (secondary N) is 2. The Labute approximate surface area is 172 Å². The van der Waals surface area contributed by atoms with Crippen molar-refractivity contribution in [2.24, 2.45) is 4.99 Å². The highest BCUT2D eigenvalue weighted by Gasteiger charge is 2.09. The second-order valence-electron chi connectivity index (χ2n) is 6.54. The number of carbonyl (C=O) groups is 1. The zero-order valence-corrected chi connectivity index (χ0v) is 17.6. The van der Waals surface area contributed by atoms with E-state index in [2.05, 4.69) is 27.8 Å². The van der Waals surface area contributed by atoms with E-state index in [0.29, 0.717) is 30.6 Å². The summed E-state index contributed by atoms with van der Waals surface area (Å²) in [6, 6.07) is 15.8. The Morgan fingerprint density at radius 1 is 1.10 bits per heavy atom. The maximum absolute atomic E-state index is 11.9. The molecule has 0 spiro atoms. The lowest BCUT2D eigenvalue weighted by atomic mass is 10.1. The smallest absolute Gasteiger partial charge is 0.243 e. The quantitative estimate of drug-likeness (QED) is 0.502. The van der Waals surface area contributed by atoms with Crippen LogP contribution in [0.3, 0.4) is 0 Å². The number of guanidine groups is 1. The Bertz CT molecular complexity index is 807. The highest BCUT2D eigenvalue weighted by Crippen LogP contribution is 2.30. The summed E-state index contributed by atoms with van der Waals surface area (Å²) in [5.41, 5.74) is 2.02. The SMILES string of the molecule is CCOc1cc(NC(=NCC(=O)N(C)C)NCCc2ccccc2)ccc1OC. The van der Waals surface area contributed by atoms with Gasteiger partial charge in [-0.15, -0.1) is 0 Å². The van der Waals surface area contributed by atoms with Crippen LogP contribution in [0.25, 0.3) is 0 Å². The molecular formula is C22H30N4O3. The minimum atomic E-state index is -0.0705. The van der Waals surface area contributed by atoms with Crippen molar-refractivity contribution < 1.29 is 14.3 Å². The van der Waals surface area contributed by atoms with E-state index in [1.165, 1.54) is 10.5 Å². The molecule has 0 aliphatic carbocycles. The van der Waals surface area contributed by atoms with E-state index in [9.17, 15) is 4.79 Å². The minimum Gasteiger partial charge on any atom is -0.493 e. The summed E-state index contributed by atoms with van der Waals surface area (Å²) < 4.78 is 11.0. The first-order valence-corrected chi connectivity index (χ1v) is 9.63. The molecule has 0 saturated heterocycles. The van der Waals surface area contributed by atoms with Crippen LogP contribution in [0, 0.1) is 0 Å². The molecule has 0 fully saturated rings. The van der Waals surface area contributed by atoms with E-state index in [1.54, 1.807) is 21.2 Å². The first kappa shape index (κ1) is 22.1. The maximum Gasteiger partial charge on any atom is 0.243 e. The van der Waals surface area contributed by atoms with Gasteiger partial charge in [0.2, 0.25) is 5.91 Å². The monoisotopic (exact) mass is 398 g/mol. The van der Waals surface area contributed by atoms with Crippen molar-refractivity contribution in [1.29, 1.82) is 0 Å². The number of benzene rings is 2. The molecule has 0 aromatic heterocycles. The van der Waals surface area contributed by atoms with Gasteiger partial charge in [0, 0.05) is 32.4 Å². The summed E-state index contributed by atoms with van der Waals surface area (Å²) in [6.07, 6.45) is 0.843. The number of ether oxygens (including phenoxy) is 2. The first-order chi connectivity index (χ1) is 14.0. The van der Waals surface area contributed by atoms with Crippen molar-refractivity contribution in [2.45, 2.75) is 13.3 Å². The van der Waals surface area contributed by atoms with Gasteiger partial charge >= 0.3 is 0 Å². The Morgan fingerprint density at radius 2 is 1.86 bits per heavy atom. The molecule has 1 amide bonds. The summed E-state index contributed by atoms with van der Waals surface area (Å²) in [5, 5.41) is 6.53. The fourth-order valence-electron chi connectivity index (χ4n) is 2.56. The lowest BCUT2D eigenvalue weighted by molar-refractivity contribution is -0.127. The normalized spacial score (nSPS) is 11.0. The second-order valence-corrected chi connectivity index (χ2v) is 6.54. The summed E-state index contributed by atoms with van der Waals surface area (Å²) >= 11 is 0. The van der Waals surface area contributed by atoms with Gasteiger partial charge in [-0.3, -0.25) is 4.79 Å². The van der Waals surface area contributed by atoms with Gasteiger partial charge in [0.05, 0.1) is 13.7 Å². The van der Waals surface area contributed by atoms with Crippen LogP contribution in [0.15, 0.2) is 53.5 Å². The highest BCUT2D eigenvalue weighted by molar-refractivity contribution is 5.95. The van der Waals surface area contributed by atoms with Crippen molar-refractivity contribution in [3.05, 3.63) is 54.1 Å². The maximum atomic E-state index is 11.9. The van der Waals surface area contributed by atoms with E-state index in [1.807, 2.05) is 43.3 Å². The fourth-order valence-corrected chi connectivity index (χ4v) is 2.56. The predicted octanol–water partition coefficient (Wildman–Crippen LogP) is 2.78. The lowest BCUT2D eigenvalue weighted by Gasteiger charge is -2.16. The summed E-state index contributed by atoms with van der Waals surface area (Å²) in [4.78, 5) is 17.9. The summed E-state index contributed by atoms with van der Waals surface area (Å²) in [7, 11) is 5.03. The third kappa shape index (κ3) is 7.37. The van der Waals surface area contributed by atoms with Crippen molar-refractivity contribution in [3.63, 3.8) is 0 Å². The number of hydrogen-bond donors (Lipinski definition) is 2. The van der Waals surface area contributed by atoms with Gasteiger partial charge in [0.15, 0.2) is 17.5 Å². The number of likely N-dealkylation sites (N-methyl/N-ethyl adjacent to an activating group) is 1. The molecule has 0 radical (unpaired) electrons. The molecule has 0 bridgehead atoms. The van der Waals surface area contributed by atoms with E-state index in [-0.39, 0.29) is 12.5 Å². The predicted molar refractivity (Wildman–Crippen MR) is 117 cm³/mol. The van der Waals surface area contributed by atoms with Crippen molar-refractivity contribution in [1.82, 2.24) is 10.2 Å². The van der Waals surface area contributed by atoms with Crippen LogP contribution < -0.4 is 20.1 Å². The number of hydrogen-bond acceptors (Lipinski definition) is 4. The van der Waals surface area contributed by atoms with Gasteiger partial charge < -0.3 is 25.0 Å². The lowest BCUT2D eigenvalue weighted by Crippen LogP contribution is -2.34. The summed E-state index contributed by atoms with van der Waals surface area (Å²) in [6.45, 7) is 3.19. The van der Waals surface area contributed by atoms with Gasteiger partial charge in [-0.2, -0.15) is 0 Å². The molecule has 2 rings (SSSR count). The minimum absolute atomic E-state index is 0.0577. The molecule has 29 heavy (non-hydrogen) atoms. The molecule has 2 aromatic carbocycles. The Morgan fingerprint density at radius 3 is 2.52 bits per heavy atom. The number of aliphatic imine (C=N–C) groups is 1. The molecular weight excluding hydrogens is 368 g/mol. The van der Waals surface area contributed by atoms with Crippen molar-refractivity contribution in [3.8, 4) is 11.5 Å². The number of carbonyl (C=O) groups excluding carboxylic acids is 1. The number of methoxy groups -OCH3 is 1. The van der Waals surface area contributed by atoms with Crippen LogP contribution in [0.2, 0.25) is 0 Å². The van der Waals surface area contributed by atoms with Gasteiger partial charge in [-0.1, -0.05) is 30.3 Å². The van der Waals surface area contributed by atoms with Crippen LogP contribution >= 0.6 is 0 Å². The molecule has 0 aliphatic heterocycles. The summed E-state index contributed by atoms with van der Waals surface area (Å²) in [5.74, 6) is 1.77. The molecule has 0 unspecified atom stereocenters. The topological polar surface area (TPSA) is 75.2 Å². The largest absolute Gasteiger partial charge is 0.493 e. The number of anilines is 1. The molecule has 7 heteroatoms. The van der Waals surface area contributed by atoms with Gasteiger partial charge in [-0.05, 0) is 31.0 Å². The van der Waals surface area contributed by atoms with Crippen LogP contribution in [-0.4, -0.2) is 57.7 Å². The first-order valence-electron chi connectivity index (χ1n) is 9.63. The molecule has 7 nitrogen and oxygen atoms in total. The van der Waals surface area contributed by atoms with E-state index < -0.39 is 0 Å². The average Bonchev–Trinajstić information content (AvgIpc) is 2.72. The van der Waals surface area contributed by atoms with Gasteiger partial charge in [0.25, 0.3) is 0 Å². The average molecular weight is 399 g/mol. The molecule has 0 atom stereocenters. The van der Waals surface area contributed by atoms with Crippen LogP contribution in [-0.2, 0) is 11.2 Å². The zero-order chi connectivity index (χ0) is 21.1. The Balaban J connectivity index is 2.10. The van der Waals surface area contributed by atoms with E-state index in [4.69, 9.17) is 9.47 Å². The van der Waals surface area contributed by atoms with Crippen LogP contribution in [0.1, 0.15) is 12.5 Å².